The molecule has 0 spiro atoms. The normalized spacial score (nSPS) is 13.8. The molecule has 124 valence electrons. The molecule has 0 aromatic heterocycles. The van der Waals surface area contributed by atoms with E-state index in [9.17, 15) is 15.0 Å². The summed E-state index contributed by atoms with van der Waals surface area (Å²) in [5, 5.41) is 24.3. The van der Waals surface area contributed by atoms with E-state index in [4.69, 9.17) is 16.3 Å². The van der Waals surface area contributed by atoms with Gasteiger partial charge in [-0.15, -0.1) is 0 Å². The van der Waals surface area contributed by atoms with Gasteiger partial charge in [0.25, 0.3) is 0 Å². The van der Waals surface area contributed by atoms with Crippen LogP contribution in [0.5, 0.6) is 0 Å². The fourth-order valence-corrected chi connectivity index (χ4v) is 3.27. The molecule has 0 radical (unpaired) electrons. The molecule has 3 aromatic rings. The molecule has 0 aliphatic heterocycles. The van der Waals surface area contributed by atoms with Crippen LogP contribution in [0, 0.1) is 0 Å². The molecule has 2 unspecified atom stereocenters. The number of carbonyl (C=O) groups is 1. The molecule has 0 aliphatic carbocycles. The van der Waals surface area contributed by atoms with Crippen molar-refractivity contribution in [2.75, 3.05) is 6.61 Å². The molecule has 0 saturated heterocycles. The maximum atomic E-state index is 11.8. The summed E-state index contributed by atoms with van der Waals surface area (Å²) in [4.78, 5) is 11.8. The third-order valence-corrected chi connectivity index (χ3v) is 4.44. The predicted molar refractivity (Wildman–Crippen MR) is 94.1 cm³/mol. The molecule has 0 aliphatic rings. The lowest BCUT2D eigenvalue weighted by Crippen LogP contribution is -2.30. The molecule has 0 heterocycles. The standard InChI is InChI=1S/C19H17ClO4/c1-2-24-19(23)18(22)17(21)15-11-7-3-5-9-13(11)16(20)14-10-6-4-8-12(14)15/h3-10,17-18,21-22H,2H2,1H3. The summed E-state index contributed by atoms with van der Waals surface area (Å²) in [5.41, 5.74) is 0.464. The Morgan fingerprint density at radius 3 is 1.92 bits per heavy atom. The number of hydrogen-bond acceptors (Lipinski definition) is 4. The highest BCUT2D eigenvalue weighted by molar-refractivity contribution is 6.41. The van der Waals surface area contributed by atoms with Crippen LogP contribution in [0.25, 0.3) is 21.5 Å². The highest BCUT2D eigenvalue weighted by atomic mass is 35.5. The van der Waals surface area contributed by atoms with Gasteiger partial charge in [-0.1, -0.05) is 60.1 Å². The number of carbonyl (C=O) groups excluding carboxylic acids is 1. The van der Waals surface area contributed by atoms with E-state index in [1.807, 2.05) is 48.5 Å². The number of fused-ring (bicyclic) bond motifs is 2. The second-order valence-electron chi connectivity index (χ2n) is 5.46. The van der Waals surface area contributed by atoms with Crippen LogP contribution in [0.3, 0.4) is 0 Å². The molecule has 0 bridgehead atoms. The molecule has 2 N–H and O–H groups in total. The summed E-state index contributed by atoms with van der Waals surface area (Å²) in [6.45, 7) is 1.77. The Hall–Kier alpha value is -2.14. The first-order valence-corrected chi connectivity index (χ1v) is 8.05. The van der Waals surface area contributed by atoms with Crippen molar-refractivity contribution < 1.29 is 19.7 Å². The van der Waals surface area contributed by atoms with Crippen molar-refractivity contribution in [1.82, 2.24) is 0 Å². The zero-order valence-corrected chi connectivity index (χ0v) is 13.8. The van der Waals surface area contributed by atoms with Gasteiger partial charge in [-0.05, 0) is 23.3 Å². The van der Waals surface area contributed by atoms with E-state index in [0.717, 1.165) is 10.8 Å². The number of esters is 1. The third kappa shape index (κ3) is 2.73. The van der Waals surface area contributed by atoms with Crippen molar-refractivity contribution in [3.8, 4) is 0 Å². The summed E-state index contributed by atoms with van der Waals surface area (Å²) in [6.07, 6.45) is -3.09. The fraction of sp³-hybridized carbons (Fsp3) is 0.211. The van der Waals surface area contributed by atoms with Crippen LogP contribution in [-0.2, 0) is 9.53 Å². The van der Waals surface area contributed by atoms with Crippen molar-refractivity contribution in [3.63, 3.8) is 0 Å². The van der Waals surface area contributed by atoms with Gasteiger partial charge in [-0.3, -0.25) is 0 Å². The molecule has 3 rings (SSSR count). The van der Waals surface area contributed by atoms with Crippen molar-refractivity contribution in [2.45, 2.75) is 19.1 Å². The van der Waals surface area contributed by atoms with E-state index >= 15 is 0 Å². The molecule has 2 atom stereocenters. The SMILES string of the molecule is CCOC(=O)C(O)C(O)c1c2ccccc2c(Cl)c2ccccc12. The van der Waals surface area contributed by atoms with Gasteiger partial charge in [0.05, 0.1) is 11.6 Å². The van der Waals surface area contributed by atoms with Gasteiger partial charge in [-0.25, -0.2) is 4.79 Å². The monoisotopic (exact) mass is 344 g/mol. The lowest BCUT2D eigenvalue weighted by atomic mass is 9.91. The van der Waals surface area contributed by atoms with Crippen molar-refractivity contribution in [2.24, 2.45) is 0 Å². The number of rotatable bonds is 4. The number of hydrogen-bond donors (Lipinski definition) is 2. The van der Waals surface area contributed by atoms with Gasteiger partial charge in [0, 0.05) is 10.8 Å². The van der Waals surface area contributed by atoms with E-state index in [0.29, 0.717) is 21.4 Å². The van der Waals surface area contributed by atoms with Gasteiger partial charge in [0.2, 0.25) is 0 Å². The van der Waals surface area contributed by atoms with E-state index in [2.05, 4.69) is 0 Å². The molecular weight excluding hydrogens is 328 g/mol. The molecule has 24 heavy (non-hydrogen) atoms. The van der Waals surface area contributed by atoms with E-state index < -0.39 is 18.2 Å². The first kappa shape index (κ1) is 16.7. The van der Waals surface area contributed by atoms with Crippen molar-refractivity contribution >= 4 is 39.1 Å². The Kier molecular flexibility index (Phi) is 4.71. The van der Waals surface area contributed by atoms with Crippen LogP contribution in [0.2, 0.25) is 5.02 Å². The number of aliphatic hydroxyl groups excluding tert-OH is 2. The summed E-state index contributed by atoms with van der Waals surface area (Å²) in [7, 11) is 0. The summed E-state index contributed by atoms with van der Waals surface area (Å²) in [5.74, 6) is -0.854. The molecule has 4 nitrogen and oxygen atoms in total. The quantitative estimate of drug-likeness (QED) is 0.560. The minimum Gasteiger partial charge on any atom is -0.464 e. The van der Waals surface area contributed by atoms with Gasteiger partial charge < -0.3 is 14.9 Å². The number of ether oxygens (including phenoxy) is 1. The largest absolute Gasteiger partial charge is 0.464 e. The van der Waals surface area contributed by atoms with Crippen molar-refractivity contribution in [1.29, 1.82) is 0 Å². The summed E-state index contributed by atoms with van der Waals surface area (Å²) in [6, 6.07) is 14.6. The molecule has 0 saturated carbocycles. The average Bonchev–Trinajstić information content (AvgIpc) is 2.61. The van der Waals surface area contributed by atoms with Gasteiger partial charge in [0.15, 0.2) is 6.10 Å². The van der Waals surface area contributed by atoms with Gasteiger partial charge in [-0.2, -0.15) is 0 Å². The van der Waals surface area contributed by atoms with Crippen LogP contribution in [0.1, 0.15) is 18.6 Å². The van der Waals surface area contributed by atoms with E-state index in [-0.39, 0.29) is 6.61 Å². The van der Waals surface area contributed by atoms with Gasteiger partial charge in [0.1, 0.15) is 6.10 Å². The van der Waals surface area contributed by atoms with E-state index in [1.165, 1.54) is 0 Å². The van der Waals surface area contributed by atoms with Crippen LogP contribution in [0.4, 0.5) is 0 Å². The summed E-state index contributed by atoms with van der Waals surface area (Å²) >= 11 is 6.51. The molecule has 0 amide bonds. The van der Waals surface area contributed by atoms with Crippen LogP contribution in [0.15, 0.2) is 48.5 Å². The Morgan fingerprint density at radius 1 is 1.00 bits per heavy atom. The molecule has 0 fully saturated rings. The second-order valence-corrected chi connectivity index (χ2v) is 5.84. The predicted octanol–water partition coefficient (Wildman–Crippen LogP) is 3.60. The maximum Gasteiger partial charge on any atom is 0.338 e. The minimum atomic E-state index is -1.67. The zero-order chi connectivity index (χ0) is 17.3. The number of benzene rings is 3. The van der Waals surface area contributed by atoms with Crippen LogP contribution < -0.4 is 0 Å². The molecule has 5 heteroatoms. The fourth-order valence-electron chi connectivity index (χ4n) is 2.94. The first-order chi connectivity index (χ1) is 11.6. The van der Waals surface area contributed by atoms with Crippen LogP contribution in [-0.4, -0.2) is 28.9 Å². The van der Waals surface area contributed by atoms with E-state index in [1.54, 1.807) is 6.92 Å². The van der Waals surface area contributed by atoms with Gasteiger partial charge >= 0.3 is 5.97 Å². The van der Waals surface area contributed by atoms with Crippen LogP contribution >= 0.6 is 11.6 Å². The lowest BCUT2D eigenvalue weighted by Gasteiger charge is -2.21. The Labute approximate surface area is 144 Å². The molecular formula is C19H17ClO4. The maximum absolute atomic E-state index is 11.8. The lowest BCUT2D eigenvalue weighted by molar-refractivity contribution is -0.159. The Morgan fingerprint density at radius 2 is 1.46 bits per heavy atom. The zero-order valence-electron chi connectivity index (χ0n) is 13.1. The Bertz CT molecular complexity index is 849. The third-order valence-electron chi connectivity index (χ3n) is 4.03. The highest BCUT2D eigenvalue weighted by Gasteiger charge is 2.30. The number of aliphatic hydroxyl groups is 2. The summed E-state index contributed by atoms with van der Waals surface area (Å²) < 4.78 is 4.82. The topological polar surface area (TPSA) is 66.8 Å². The van der Waals surface area contributed by atoms with Crippen molar-refractivity contribution in [3.05, 3.63) is 59.1 Å². The smallest absolute Gasteiger partial charge is 0.338 e. The Balaban J connectivity index is 2.28. The first-order valence-electron chi connectivity index (χ1n) is 7.67. The highest BCUT2D eigenvalue weighted by Crippen LogP contribution is 2.39. The molecule has 3 aromatic carbocycles. The number of halogens is 1. The average molecular weight is 345 g/mol. The second kappa shape index (κ2) is 6.77. The minimum absolute atomic E-state index is 0.130.